The predicted molar refractivity (Wildman–Crippen MR) is 71.3 cm³/mol. The Labute approximate surface area is 107 Å². The summed E-state index contributed by atoms with van der Waals surface area (Å²) in [6.45, 7) is 5.53. The summed E-state index contributed by atoms with van der Waals surface area (Å²) in [6.07, 6.45) is 6.64. The SMILES string of the molecule is CCCN1CCCC(O)(Cc2nccs2)CC1. The quantitative estimate of drug-likeness (QED) is 0.896. The van der Waals surface area contributed by atoms with Gasteiger partial charge in [0.25, 0.3) is 0 Å². The third kappa shape index (κ3) is 3.76. The van der Waals surface area contributed by atoms with Crippen LogP contribution in [0.5, 0.6) is 0 Å². The van der Waals surface area contributed by atoms with Gasteiger partial charge in [-0.25, -0.2) is 4.98 Å². The van der Waals surface area contributed by atoms with E-state index in [4.69, 9.17) is 0 Å². The molecule has 0 aromatic carbocycles. The molecule has 96 valence electrons. The van der Waals surface area contributed by atoms with Crippen LogP contribution in [0, 0.1) is 0 Å². The van der Waals surface area contributed by atoms with Gasteiger partial charge in [-0.1, -0.05) is 6.92 Å². The molecule has 1 aromatic rings. The predicted octanol–water partition coefficient (Wildman–Crippen LogP) is 2.31. The summed E-state index contributed by atoms with van der Waals surface area (Å²) >= 11 is 1.65. The topological polar surface area (TPSA) is 36.4 Å². The van der Waals surface area contributed by atoms with Gasteiger partial charge in [0.15, 0.2) is 0 Å². The van der Waals surface area contributed by atoms with E-state index in [-0.39, 0.29) is 0 Å². The van der Waals surface area contributed by atoms with E-state index in [1.807, 2.05) is 11.6 Å². The zero-order chi connectivity index (χ0) is 12.1. The minimum Gasteiger partial charge on any atom is -0.389 e. The third-order valence-corrected chi connectivity index (χ3v) is 4.29. The van der Waals surface area contributed by atoms with Crippen LogP contribution in [0.15, 0.2) is 11.6 Å². The number of thiazole rings is 1. The second-order valence-electron chi connectivity index (χ2n) is 5.02. The number of rotatable bonds is 4. The molecule has 2 rings (SSSR count). The minimum absolute atomic E-state index is 0.527. The molecule has 1 saturated heterocycles. The molecule has 0 spiro atoms. The Hall–Kier alpha value is -0.450. The largest absolute Gasteiger partial charge is 0.389 e. The van der Waals surface area contributed by atoms with Crippen molar-refractivity contribution in [2.75, 3.05) is 19.6 Å². The average molecular weight is 254 g/mol. The van der Waals surface area contributed by atoms with E-state index in [2.05, 4.69) is 16.8 Å². The molecule has 4 heteroatoms. The first-order valence-electron chi connectivity index (χ1n) is 6.55. The normalized spacial score (nSPS) is 26.9. The molecule has 1 aliphatic heterocycles. The fourth-order valence-electron chi connectivity index (χ4n) is 2.57. The number of likely N-dealkylation sites (tertiary alicyclic amines) is 1. The second kappa shape index (κ2) is 5.94. The maximum absolute atomic E-state index is 10.6. The molecule has 1 aromatic heterocycles. The van der Waals surface area contributed by atoms with Gasteiger partial charge in [-0.15, -0.1) is 11.3 Å². The van der Waals surface area contributed by atoms with Crippen LogP contribution in [0.25, 0.3) is 0 Å². The smallest absolute Gasteiger partial charge is 0.0953 e. The molecule has 0 saturated carbocycles. The number of nitrogens with zero attached hydrogens (tertiary/aromatic N) is 2. The summed E-state index contributed by atoms with van der Waals surface area (Å²) in [4.78, 5) is 6.76. The third-order valence-electron chi connectivity index (χ3n) is 3.51. The lowest BCUT2D eigenvalue weighted by Gasteiger charge is -2.26. The Morgan fingerprint density at radius 2 is 2.35 bits per heavy atom. The van der Waals surface area contributed by atoms with E-state index in [1.165, 1.54) is 6.42 Å². The molecule has 1 N–H and O–H groups in total. The maximum Gasteiger partial charge on any atom is 0.0953 e. The molecule has 2 heterocycles. The molecular formula is C13H22N2OS. The van der Waals surface area contributed by atoms with Crippen molar-refractivity contribution < 1.29 is 5.11 Å². The summed E-state index contributed by atoms with van der Waals surface area (Å²) in [6, 6.07) is 0. The van der Waals surface area contributed by atoms with Gasteiger partial charge in [0.05, 0.1) is 10.6 Å². The lowest BCUT2D eigenvalue weighted by Crippen LogP contribution is -2.33. The van der Waals surface area contributed by atoms with Crippen LogP contribution >= 0.6 is 11.3 Å². The standard InChI is InChI=1S/C13H22N2OS/c1-2-7-15-8-3-4-13(16,5-9-15)11-12-14-6-10-17-12/h6,10,16H,2-5,7-9,11H2,1H3. The van der Waals surface area contributed by atoms with E-state index >= 15 is 0 Å². The van der Waals surface area contributed by atoms with Gasteiger partial charge >= 0.3 is 0 Å². The zero-order valence-corrected chi connectivity index (χ0v) is 11.4. The fourth-order valence-corrected chi connectivity index (χ4v) is 3.33. The number of hydrogen-bond donors (Lipinski definition) is 1. The van der Waals surface area contributed by atoms with E-state index in [9.17, 15) is 5.11 Å². The highest BCUT2D eigenvalue weighted by atomic mass is 32.1. The number of hydrogen-bond acceptors (Lipinski definition) is 4. The van der Waals surface area contributed by atoms with Crippen LogP contribution in [0.2, 0.25) is 0 Å². The molecule has 1 fully saturated rings. The van der Waals surface area contributed by atoms with E-state index < -0.39 is 5.60 Å². The number of aromatic nitrogens is 1. The Morgan fingerprint density at radius 1 is 1.47 bits per heavy atom. The van der Waals surface area contributed by atoms with Crippen LogP contribution in [-0.4, -0.2) is 40.2 Å². The van der Waals surface area contributed by atoms with Gasteiger partial charge in [0, 0.05) is 24.5 Å². The first-order valence-corrected chi connectivity index (χ1v) is 7.43. The van der Waals surface area contributed by atoms with Gasteiger partial charge in [0.1, 0.15) is 0 Å². The summed E-state index contributed by atoms with van der Waals surface area (Å²) in [5, 5.41) is 13.7. The highest BCUT2D eigenvalue weighted by molar-refractivity contribution is 7.09. The molecule has 17 heavy (non-hydrogen) atoms. The molecule has 1 atom stereocenters. The lowest BCUT2D eigenvalue weighted by molar-refractivity contribution is 0.0256. The summed E-state index contributed by atoms with van der Waals surface area (Å²) < 4.78 is 0. The minimum atomic E-state index is -0.527. The molecular weight excluding hydrogens is 232 g/mol. The van der Waals surface area contributed by atoms with Crippen LogP contribution in [-0.2, 0) is 6.42 Å². The number of aliphatic hydroxyl groups is 1. The van der Waals surface area contributed by atoms with Gasteiger partial charge in [0.2, 0.25) is 0 Å². The van der Waals surface area contributed by atoms with Gasteiger partial charge in [-0.05, 0) is 38.8 Å². The van der Waals surface area contributed by atoms with Crippen LogP contribution < -0.4 is 0 Å². The molecule has 3 nitrogen and oxygen atoms in total. The Kier molecular flexibility index (Phi) is 4.54. The van der Waals surface area contributed by atoms with Crippen molar-refractivity contribution in [2.24, 2.45) is 0 Å². The highest BCUT2D eigenvalue weighted by Crippen LogP contribution is 2.27. The Balaban J connectivity index is 1.92. The van der Waals surface area contributed by atoms with Crippen molar-refractivity contribution in [2.45, 2.75) is 44.6 Å². The van der Waals surface area contributed by atoms with Crippen LogP contribution in [0.4, 0.5) is 0 Å². The first kappa shape index (κ1) is 13.0. The van der Waals surface area contributed by atoms with Crippen molar-refractivity contribution >= 4 is 11.3 Å². The van der Waals surface area contributed by atoms with Gasteiger partial charge in [-0.3, -0.25) is 0 Å². The van der Waals surface area contributed by atoms with E-state index in [1.54, 1.807) is 11.3 Å². The summed E-state index contributed by atoms with van der Waals surface area (Å²) in [5.74, 6) is 0. The van der Waals surface area contributed by atoms with Gasteiger partial charge in [-0.2, -0.15) is 0 Å². The van der Waals surface area contributed by atoms with E-state index in [0.29, 0.717) is 0 Å². The molecule has 0 aliphatic carbocycles. The van der Waals surface area contributed by atoms with Crippen molar-refractivity contribution in [1.82, 2.24) is 9.88 Å². The second-order valence-corrected chi connectivity index (χ2v) is 6.00. The molecule has 0 amide bonds. The Bertz CT molecular complexity index is 328. The zero-order valence-electron chi connectivity index (χ0n) is 10.6. The maximum atomic E-state index is 10.6. The Morgan fingerprint density at radius 3 is 3.06 bits per heavy atom. The molecule has 0 radical (unpaired) electrons. The van der Waals surface area contributed by atoms with Crippen LogP contribution in [0.1, 0.15) is 37.6 Å². The molecule has 1 aliphatic rings. The summed E-state index contributed by atoms with van der Waals surface area (Å²) in [5.41, 5.74) is -0.527. The summed E-state index contributed by atoms with van der Waals surface area (Å²) in [7, 11) is 0. The fraction of sp³-hybridized carbons (Fsp3) is 0.769. The monoisotopic (exact) mass is 254 g/mol. The van der Waals surface area contributed by atoms with Crippen molar-refractivity contribution in [3.8, 4) is 0 Å². The van der Waals surface area contributed by atoms with Crippen LogP contribution in [0.3, 0.4) is 0 Å². The van der Waals surface area contributed by atoms with E-state index in [0.717, 1.165) is 50.3 Å². The van der Waals surface area contributed by atoms with Crippen molar-refractivity contribution in [1.29, 1.82) is 0 Å². The average Bonchev–Trinajstić information content (AvgIpc) is 2.72. The molecule has 1 unspecified atom stereocenters. The van der Waals surface area contributed by atoms with Gasteiger partial charge < -0.3 is 10.0 Å². The highest BCUT2D eigenvalue weighted by Gasteiger charge is 2.30. The first-order chi connectivity index (χ1) is 8.22. The van der Waals surface area contributed by atoms with Crippen molar-refractivity contribution in [3.05, 3.63) is 16.6 Å². The molecule has 0 bridgehead atoms. The lowest BCUT2D eigenvalue weighted by atomic mass is 9.91. The van der Waals surface area contributed by atoms with Crippen molar-refractivity contribution in [3.63, 3.8) is 0 Å².